The SMILES string of the molecule is CCCCCCCC(=O)NC(O)C(Cl)(Cl)C(C)Cl. The number of carbonyl (C=O) groups excluding carboxylic acids is 1. The van der Waals surface area contributed by atoms with Crippen molar-refractivity contribution in [3.8, 4) is 0 Å². The number of alkyl halides is 3. The summed E-state index contributed by atoms with van der Waals surface area (Å²) >= 11 is 17.4. The van der Waals surface area contributed by atoms with E-state index in [0.29, 0.717) is 6.42 Å². The number of aliphatic hydroxyl groups is 1. The van der Waals surface area contributed by atoms with Crippen LogP contribution in [-0.2, 0) is 4.79 Å². The molecule has 0 aromatic carbocycles. The van der Waals surface area contributed by atoms with Gasteiger partial charge in [0, 0.05) is 6.42 Å². The molecule has 0 aromatic heterocycles. The maximum Gasteiger partial charge on any atom is 0.222 e. The molecule has 2 unspecified atom stereocenters. The van der Waals surface area contributed by atoms with Gasteiger partial charge in [0.2, 0.25) is 5.91 Å². The molecule has 2 atom stereocenters. The zero-order chi connectivity index (χ0) is 14.2. The Labute approximate surface area is 124 Å². The Balaban J connectivity index is 3.87. The van der Waals surface area contributed by atoms with Crippen molar-refractivity contribution in [2.24, 2.45) is 0 Å². The standard InChI is InChI=1S/C12H22Cl3NO2/c1-3-4-5-6-7-8-10(17)16-11(18)12(14,15)9(2)13/h9,11,18H,3-8H2,1-2H3,(H,16,17). The summed E-state index contributed by atoms with van der Waals surface area (Å²) in [6, 6.07) is 0. The smallest absolute Gasteiger partial charge is 0.222 e. The third-order valence-electron chi connectivity index (χ3n) is 2.70. The zero-order valence-electron chi connectivity index (χ0n) is 10.9. The van der Waals surface area contributed by atoms with E-state index in [1.54, 1.807) is 6.92 Å². The molecule has 18 heavy (non-hydrogen) atoms. The van der Waals surface area contributed by atoms with Crippen LogP contribution in [0, 0.1) is 0 Å². The largest absolute Gasteiger partial charge is 0.370 e. The van der Waals surface area contributed by atoms with Crippen LogP contribution in [0.5, 0.6) is 0 Å². The molecule has 0 saturated heterocycles. The summed E-state index contributed by atoms with van der Waals surface area (Å²) in [5, 5.41) is 11.4. The van der Waals surface area contributed by atoms with Crippen molar-refractivity contribution in [2.45, 2.75) is 68.3 Å². The average molecular weight is 319 g/mol. The third kappa shape index (κ3) is 7.03. The minimum atomic E-state index is -1.58. The van der Waals surface area contributed by atoms with E-state index < -0.39 is 15.9 Å². The summed E-state index contributed by atoms with van der Waals surface area (Å²) in [5.74, 6) is -0.262. The van der Waals surface area contributed by atoms with Gasteiger partial charge in [-0.2, -0.15) is 0 Å². The van der Waals surface area contributed by atoms with Crippen LogP contribution in [0.2, 0.25) is 0 Å². The summed E-state index contributed by atoms with van der Waals surface area (Å²) in [6.07, 6.45) is 4.28. The van der Waals surface area contributed by atoms with Crippen molar-refractivity contribution in [1.82, 2.24) is 5.32 Å². The van der Waals surface area contributed by atoms with Crippen molar-refractivity contribution in [1.29, 1.82) is 0 Å². The molecule has 108 valence electrons. The van der Waals surface area contributed by atoms with Crippen molar-refractivity contribution in [2.75, 3.05) is 0 Å². The molecular weight excluding hydrogens is 296 g/mol. The lowest BCUT2D eigenvalue weighted by Crippen LogP contribution is -2.50. The summed E-state index contributed by atoms with van der Waals surface area (Å²) in [4.78, 5) is 11.5. The van der Waals surface area contributed by atoms with Crippen LogP contribution in [0.3, 0.4) is 0 Å². The predicted molar refractivity (Wildman–Crippen MR) is 77.3 cm³/mol. The van der Waals surface area contributed by atoms with Gasteiger partial charge in [-0.1, -0.05) is 55.8 Å². The molecule has 0 rings (SSSR count). The van der Waals surface area contributed by atoms with E-state index in [2.05, 4.69) is 12.2 Å². The number of rotatable bonds is 9. The number of nitrogens with one attached hydrogen (secondary N) is 1. The second-order valence-electron chi connectivity index (χ2n) is 4.42. The molecule has 0 aliphatic heterocycles. The molecule has 1 amide bonds. The molecule has 3 nitrogen and oxygen atoms in total. The number of amides is 1. The molecule has 0 aromatic rings. The van der Waals surface area contributed by atoms with E-state index in [9.17, 15) is 9.90 Å². The highest BCUT2D eigenvalue weighted by molar-refractivity contribution is 6.52. The lowest BCUT2D eigenvalue weighted by Gasteiger charge is -2.28. The quantitative estimate of drug-likeness (QED) is 0.388. The second-order valence-corrected chi connectivity index (χ2v) is 6.52. The Hall–Kier alpha value is 0.300. The molecule has 0 radical (unpaired) electrons. The van der Waals surface area contributed by atoms with Gasteiger partial charge in [-0.25, -0.2) is 0 Å². The van der Waals surface area contributed by atoms with Crippen LogP contribution in [0.15, 0.2) is 0 Å². The summed E-state index contributed by atoms with van der Waals surface area (Å²) in [5.41, 5.74) is 0. The van der Waals surface area contributed by atoms with Gasteiger partial charge in [0.1, 0.15) is 0 Å². The number of halogens is 3. The maximum absolute atomic E-state index is 11.5. The molecule has 0 spiro atoms. The highest BCUT2D eigenvalue weighted by Crippen LogP contribution is 2.31. The fourth-order valence-electron chi connectivity index (χ4n) is 1.43. The predicted octanol–water partition coefficient (Wildman–Crippen LogP) is 3.58. The number of carbonyl (C=O) groups is 1. The molecule has 0 aliphatic rings. The van der Waals surface area contributed by atoms with Gasteiger partial charge in [-0.15, -0.1) is 11.6 Å². The Morgan fingerprint density at radius 3 is 2.33 bits per heavy atom. The zero-order valence-corrected chi connectivity index (χ0v) is 13.2. The van der Waals surface area contributed by atoms with E-state index >= 15 is 0 Å². The summed E-state index contributed by atoms with van der Waals surface area (Å²) in [7, 11) is 0. The maximum atomic E-state index is 11.5. The first-order valence-electron chi connectivity index (χ1n) is 6.31. The lowest BCUT2D eigenvalue weighted by atomic mass is 10.1. The number of hydrogen-bond donors (Lipinski definition) is 2. The van der Waals surface area contributed by atoms with E-state index in [-0.39, 0.29) is 5.91 Å². The Kier molecular flexibility index (Phi) is 9.40. The second kappa shape index (κ2) is 9.24. The topological polar surface area (TPSA) is 49.3 Å². The van der Waals surface area contributed by atoms with Crippen LogP contribution in [0.25, 0.3) is 0 Å². The monoisotopic (exact) mass is 317 g/mol. The van der Waals surface area contributed by atoms with E-state index in [1.165, 1.54) is 12.8 Å². The van der Waals surface area contributed by atoms with Crippen molar-refractivity contribution in [3.05, 3.63) is 0 Å². The number of aliphatic hydroxyl groups excluding tert-OH is 1. The highest BCUT2D eigenvalue weighted by Gasteiger charge is 2.39. The van der Waals surface area contributed by atoms with Crippen molar-refractivity contribution >= 4 is 40.7 Å². The fourth-order valence-corrected chi connectivity index (χ4v) is 1.66. The first-order chi connectivity index (χ1) is 8.32. The first kappa shape index (κ1) is 18.3. The third-order valence-corrected chi connectivity index (χ3v) is 4.34. The molecular formula is C12H22Cl3NO2. The van der Waals surface area contributed by atoms with E-state index in [1.807, 2.05) is 0 Å². The molecule has 0 heterocycles. The van der Waals surface area contributed by atoms with Crippen molar-refractivity contribution < 1.29 is 9.90 Å². The van der Waals surface area contributed by atoms with Gasteiger partial charge in [-0.05, 0) is 13.3 Å². The number of unbranched alkanes of at least 4 members (excludes halogenated alkanes) is 4. The van der Waals surface area contributed by atoms with Crippen LogP contribution in [0.1, 0.15) is 52.4 Å². The Bertz CT molecular complexity index is 247. The van der Waals surface area contributed by atoms with Crippen LogP contribution >= 0.6 is 34.8 Å². The normalized spacial score (nSPS) is 15.2. The minimum Gasteiger partial charge on any atom is -0.370 e. The lowest BCUT2D eigenvalue weighted by molar-refractivity contribution is -0.124. The molecule has 2 N–H and O–H groups in total. The molecule has 6 heteroatoms. The van der Waals surface area contributed by atoms with Crippen molar-refractivity contribution in [3.63, 3.8) is 0 Å². The molecule has 0 saturated carbocycles. The Morgan fingerprint density at radius 1 is 1.28 bits per heavy atom. The van der Waals surface area contributed by atoms with Gasteiger partial charge < -0.3 is 10.4 Å². The van der Waals surface area contributed by atoms with Gasteiger partial charge in [-0.3, -0.25) is 4.79 Å². The molecule has 0 aliphatic carbocycles. The van der Waals surface area contributed by atoms with Gasteiger partial charge in [0.25, 0.3) is 0 Å². The highest BCUT2D eigenvalue weighted by atomic mass is 35.5. The molecule has 0 fully saturated rings. The van der Waals surface area contributed by atoms with Gasteiger partial charge in [0.05, 0.1) is 5.38 Å². The van der Waals surface area contributed by atoms with Crippen LogP contribution in [-0.4, -0.2) is 27.0 Å². The van der Waals surface area contributed by atoms with Crippen LogP contribution < -0.4 is 5.32 Å². The van der Waals surface area contributed by atoms with Gasteiger partial charge >= 0.3 is 0 Å². The summed E-state index contributed by atoms with van der Waals surface area (Å²) < 4.78 is -1.58. The summed E-state index contributed by atoms with van der Waals surface area (Å²) in [6.45, 7) is 3.69. The number of hydrogen-bond acceptors (Lipinski definition) is 2. The van der Waals surface area contributed by atoms with E-state index in [4.69, 9.17) is 34.8 Å². The first-order valence-corrected chi connectivity index (χ1v) is 7.50. The Morgan fingerprint density at radius 2 is 1.83 bits per heavy atom. The fraction of sp³-hybridized carbons (Fsp3) is 0.917. The average Bonchev–Trinajstić information content (AvgIpc) is 2.28. The van der Waals surface area contributed by atoms with Crippen LogP contribution in [0.4, 0.5) is 0 Å². The molecule has 0 bridgehead atoms. The van der Waals surface area contributed by atoms with E-state index in [0.717, 1.165) is 19.3 Å². The van der Waals surface area contributed by atoms with Gasteiger partial charge in [0.15, 0.2) is 10.6 Å². The minimum absolute atomic E-state index is 0.262.